The number of rotatable bonds is 5. The van der Waals surface area contributed by atoms with Crippen LogP contribution in [0.5, 0.6) is 0 Å². The Hall–Kier alpha value is -6.19. The summed E-state index contributed by atoms with van der Waals surface area (Å²) in [5, 5.41) is 7.09. The molecule has 216 valence electrons. The van der Waals surface area contributed by atoms with E-state index in [4.69, 9.17) is 4.42 Å². The third kappa shape index (κ3) is 4.33. The summed E-state index contributed by atoms with van der Waals surface area (Å²) in [4.78, 5) is 6.80. The average molecular weight is 589 g/mol. The smallest absolute Gasteiger partial charge is 0.227 e. The Morgan fingerprint density at radius 3 is 1.83 bits per heavy atom. The van der Waals surface area contributed by atoms with Crippen LogP contribution in [-0.2, 0) is 0 Å². The fourth-order valence-corrected chi connectivity index (χ4v) is 6.74. The summed E-state index contributed by atoms with van der Waals surface area (Å²) in [6.45, 7) is 0. The molecular formula is C43H28N2O. The van der Waals surface area contributed by atoms with Crippen molar-refractivity contribution in [2.24, 2.45) is 0 Å². The SMILES string of the molecule is c1ccc(-c2ccc(N(c3ccc(-c4cc5ccccc5c5ccccc45)cc3)c3cccc4c3oc3ncccc34)cc2)cc1. The Labute approximate surface area is 266 Å². The van der Waals surface area contributed by atoms with E-state index in [0.717, 1.165) is 33.4 Å². The molecule has 2 heterocycles. The standard InChI is InChI=1S/C43H28N2O/c1-2-10-29(11-3-1)30-19-23-33(24-20-30)45(41-18-8-16-38-39-17-9-27-44-43(39)46-42(38)41)34-25-21-31(22-26-34)40-28-32-12-4-5-13-35(32)36-14-6-7-15-37(36)40/h1-28H. The largest absolute Gasteiger partial charge is 0.435 e. The zero-order valence-corrected chi connectivity index (χ0v) is 25.0. The van der Waals surface area contributed by atoms with E-state index in [9.17, 15) is 0 Å². The molecule has 0 spiro atoms. The van der Waals surface area contributed by atoms with Crippen molar-refractivity contribution >= 4 is 60.7 Å². The zero-order valence-electron chi connectivity index (χ0n) is 25.0. The van der Waals surface area contributed by atoms with Gasteiger partial charge in [-0.15, -0.1) is 0 Å². The number of fused-ring (bicyclic) bond motifs is 6. The molecule has 7 aromatic carbocycles. The van der Waals surface area contributed by atoms with Crippen LogP contribution in [0.2, 0.25) is 0 Å². The predicted molar refractivity (Wildman–Crippen MR) is 192 cm³/mol. The molecule has 0 fully saturated rings. The van der Waals surface area contributed by atoms with Crippen molar-refractivity contribution in [1.82, 2.24) is 4.98 Å². The summed E-state index contributed by atoms with van der Waals surface area (Å²) in [6, 6.07) is 58.1. The van der Waals surface area contributed by atoms with E-state index in [0.29, 0.717) is 5.71 Å². The Bertz CT molecular complexity index is 2510. The Kier molecular flexibility index (Phi) is 6.14. The molecule has 46 heavy (non-hydrogen) atoms. The van der Waals surface area contributed by atoms with Gasteiger partial charge in [0.25, 0.3) is 0 Å². The summed E-state index contributed by atoms with van der Waals surface area (Å²) >= 11 is 0. The van der Waals surface area contributed by atoms with E-state index in [2.05, 4.69) is 162 Å². The third-order valence-corrected chi connectivity index (χ3v) is 8.93. The summed E-state index contributed by atoms with van der Waals surface area (Å²) < 4.78 is 6.43. The lowest BCUT2D eigenvalue weighted by molar-refractivity contribution is 0.654. The van der Waals surface area contributed by atoms with E-state index in [1.807, 2.05) is 12.1 Å². The number of aromatic nitrogens is 1. The van der Waals surface area contributed by atoms with Gasteiger partial charge in [0, 0.05) is 28.3 Å². The molecule has 0 bridgehead atoms. The van der Waals surface area contributed by atoms with Gasteiger partial charge >= 0.3 is 0 Å². The van der Waals surface area contributed by atoms with Crippen molar-refractivity contribution in [1.29, 1.82) is 0 Å². The van der Waals surface area contributed by atoms with Crippen molar-refractivity contribution in [2.45, 2.75) is 0 Å². The molecule has 3 nitrogen and oxygen atoms in total. The van der Waals surface area contributed by atoms with Crippen molar-refractivity contribution < 1.29 is 4.42 Å². The average Bonchev–Trinajstić information content (AvgIpc) is 3.52. The van der Waals surface area contributed by atoms with Gasteiger partial charge in [-0.2, -0.15) is 0 Å². The van der Waals surface area contributed by atoms with Crippen molar-refractivity contribution in [3.8, 4) is 22.3 Å². The van der Waals surface area contributed by atoms with Gasteiger partial charge in [-0.25, -0.2) is 4.98 Å². The fourth-order valence-electron chi connectivity index (χ4n) is 6.74. The van der Waals surface area contributed by atoms with Crippen molar-refractivity contribution in [2.75, 3.05) is 4.90 Å². The fraction of sp³-hybridized carbons (Fsp3) is 0. The number of hydrogen-bond donors (Lipinski definition) is 0. The summed E-state index contributed by atoms with van der Waals surface area (Å²) in [6.07, 6.45) is 1.78. The van der Waals surface area contributed by atoms with Crippen LogP contribution in [0.4, 0.5) is 17.1 Å². The van der Waals surface area contributed by atoms with Crippen molar-refractivity contribution in [3.63, 3.8) is 0 Å². The normalized spacial score (nSPS) is 11.5. The van der Waals surface area contributed by atoms with E-state index >= 15 is 0 Å². The number of hydrogen-bond acceptors (Lipinski definition) is 3. The monoisotopic (exact) mass is 588 g/mol. The molecule has 2 aromatic heterocycles. The lowest BCUT2D eigenvalue weighted by Crippen LogP contribution is -2.10. The van der Waals surface area contributed by atoms with Gasteiger partial charge in [-0.1, -0.05) is 115 Å². The zero-order chi connectivity index (χ0) is 30.5. The van der Waals surface area contributed by atoms with E-state index in [-0.39, 0.29) is 0 Å². The molecule has 3 heteroatoms. The Morgan fingerprint density at radius 2 is 1.04 bits per heavy atom. The molecular weight excluding hydrogens is 560 g/mol. The number of furan rings is 1. The number of nitrogens with zero attached hydrogens (tertiary/aromatic N) is 2. The lowest BCUT2D eigenvalue weighted by atomic mass is 9.93. The first-order valence-electron chi connectivity index (χ1n) is 15.5. The first-order valence-corrected chi connectivity index (χ1v) is 15.5. The number of anilines is 3. The highest BCUT2D eigenvalue weighted by atomic mass is 16.3. The predicted octanol–water partition coefficient (Wildman–Crippen LogP) is 12.1. The molecule has 0 saturated heterocycles. The molecule has 0 aliphatic rings. The Balaban J connectivity index is 1.21. The maximum absolute atomic E-state index is 6.43. The number of pyridine rings is 1. The van der Waals surface area contributed by atoms with Crippen LogP contribution >= 0.6 is 0 Å². The molecule has 9 aromatic rings. The minimum absolute atomic E-state index is 0.642. The number of para-hydroxylation sites is 1. The molecule has 0 atom stereocenters. The topological polar surface area (TPSA) is 29.3 Å². The van der Waals surface area contributed by atoms with Crippen LogP contribution < -0.4 is 4.90 Å². The van der Waals surface area contributed by atoms with Crippen LogP contribution in [0.1, 0.15) is 0 Å². The third-order valence-electron chi connectivity index (χ3n) is 8.93. The lowest BCUT2D eigenvalue weighted by Gasteiger charge is -2.26. The van der Waals surface area contributed by atoms with Gasteiger partial charge in [-0.3, -0.25) is 0 Å². The van der Waals surface area contributed by atoms with E-state index < -0.39 is 0 Å². The van der Waals surface area contributed by atoms with Crippen LogP contribution in [-0.4, -0.2) is 4.98 Å². The van der Waals surface area contributed by atoms with Crippen molar-refractivity contribution in [3.05, 3.63) is 170 Å². The molecule has 9 rings (SSSR count). The maximum atomic E-state index is 6.43. The minimum atomic E-state index is 0.642. The summed E-state index contributed by atoms with van der Waals surface area (Å²) in [5.74, 6) is 0. The van der Waals surface area contributed by atoms with E-state index in [1.54, 1.807) is 6.20 Å². The second kappa shape index (κ2) is 10.8. The van der Waals surface area contributed by atoms with Crippen LogP contribution in [0, 0.1) is 0 Å². The van der Waals surface area contributed by atoms with Gasteiger partial charge < -0.3 is 9.32 Å². The first-order chi connectivity index (χ1) is 22.8. The highest BCUT2D eigenvalue weighted by Crippen LogP contribution is 2.43. The molecule has 0 radical (unpaired) electrons. The molecule has 0 aliphatic heterocycles. The Morgan fingerprint density at radius 1 is 0.435 bits per heavy atom. The molecule has 0 N–H and O–H groups in total. The highest BCUT2D eigenvalue weighted by Gasteiger charge is 2.20. The van der Waals surface area contributed by atoms with Gasteiger partial charge in [-0.05, 0) is 92.3 Å². The minimum Gasteiger partial charge on any atom is -0.435 e. The quantitative estimate of drug-likeness (QED) is 0.187. The van der Waals surface area contributed by atoms with Gasteiger partial charge in [0.05, 0.1) is 5.69 Å². The van der Waals surface area contributed by atoms with Crippen LogP contribution in [0.25, 0.3) is 65.9 Å². The van der Waals surface area contributed by atoms with Crippen LogP contribution in [0.3, 0.4) is 0 Å². The van der Waals surface area contributed by atoms with Gasteiger partial charge in [0.1, 0.15) is 0 Å². The summed E-state index contributed by atoms with van der Waals surface area (Å²) in [7, 11) is 0. The van der Waals surface area contributed by atoms with Gasteiger partial charge in [0.2, 0.25) is 5.71 Å². The molecule has 0 unspecified atom stereocenters. The number of benzene rings is 7. The molecule has 0 aliphatic carbocycles. The first kappa shape index (κ1) is 26.2. The van der Waals surface area contributed by atoms with E-state index in [1.165, 1.54) is 43.8 Å². The molecule has 0 amide bonds. The molecule has 0 saturated carbocycles. The van der Waals surface area contributed by atoms with Crippen LogP contribution in [0.15, 0.2) is 174 Å². The summed E-state index contributed by atoms with van der Waals surface area (Å²) in [5.41, 5.74) is 9.28. The highest BCUT2D eigenvalue weighted by molar-refractivity contribution is 6.14. The van der Waals surface area contributed by atoms with Gasteiger partial charge in [0.15, 0.2) is 5.58 Å². The second-order valence-corrected chi connectivity index (χ2v) is 11.6. The second-order valence-electron chi connectivity index (χ2n) is 11.6. The maximum Gasteiger partial charge on any atom is 0.227 e.